The molecule has 0 aliphatic rings. The second kappa shape index (κ2) is 9.85. The normalized spacial score (nSPS) is 11.1. The molecule has 0 spiro atoms. The van der Waals surface area contributed by atoms with E-state index in [2.05, 4.69) is 10.0 Å². The summed E-state index contributed by atoms with van der Waals surface area (Å²) >= 11 is 5.83. The number of ether oxygens (including phenoxy) is 1. The fourth-order valence-electron chi connectivity index (χ4n) is 2.88. The summed E-state index contributed by atoms with van der Waals surface area (Å²) < 4.78 is 34.0. The summed E-state index contributed by atoms with van der Waals surface area (Å²) in [6.07, 6.45) is 0. The highest BCUT2D eigenvalue weighted by molar-refractivity contribution is 7.92. The minimum Gasteiger partial charge on any atom is -0.492 e. The Morgan fingerprint density at radius 3 is 2.39 bits per heavy atom. The summed E-state index contributed by atoms with van der Waals surface area (Å²) in [6.45, 7) is 4.03. The van der Waals surface area contributed by atoms with E-state index in [0.29, 0.717) is 22.0 Å². The van der Waals surface area contributed by atoms with Crippen molar-refractivity contribution in [2.45, 2.75) is 18.7 Å². The van der Waals surface area contributed by atoms with E-state index in [0.717, 1.165) is 5.56 Å². The summed E-state index contributed by atoms with van der Waals surface area (Å²) in [5, 5.41) is 3.35. The molecule has 0 heterocycles. The summed E-state index contributed by atoms with van der Waals surface area (Å²) in [6, 6.07) is 18.6. The van der Waals surface area contributed by atoms with Crippen LogP contribution in [0.3, 0.4) is 0 Å². The first kappa shape index (κ1) is 22.7. The van der Waals surface area contributed by atoms with Gasteiger partial charge < -0.3 is 10.1 Å². The van der Waals surface area contributed by atoms with E-state index in [1.807, 2.05) is 19.1 Å². The van der Waals surface area contributed by atoms with Crippen LogP contribution in [0.2, 0.25) is 5.02 Å². The molecule has 0 saturated heterocycles. The number of nitrogens with one attached hydrogen (secondary N) is 2. The predicted octanol–water partition coefficient (Wildman–Crippen LogP) is 4.57. The van der Waals surface area contributed by atoms with Gasteiger partial charge >= 0.3 is 0 Å². The molecule has 162 valence electrons. The molecule has 0 fully saturated rings. The zero-order valence-corrected chi connectivity index (χ0v) is 18.8. The van der Waals surface area contributed by atoms with Gasteiger partial charge in [0.15, 0.2) is 0 Å². The molecule has 0 unspecified atom stereocenters. The van der Waals surface area contributed by atoms with Crippen LogP contribution in [0.4, 0.5) is 5.69 Å². The van der Waals surface area contributed by atoms with Crippen LogP contribution in [0, 0.1) is 13.8 Å². The number of carbonyl (C=O) groups excluding carboxylic acids is 1. The van der Waals surface area contributed by atoms with Gasteiger partial charge in [0, 0.05) is 10.6 Å². The van der Waals surface area contributed by atoms with Crippen molar-refractivity contribution in [1.82, 2.24) is 5.32 Å². The van der Waals surface area contributed by atoms with Crippen LogP contribution in [-0.2, 0) is 10.0 Å². The van der Waals surface area contributed by atoms with Gasteiger partial charge in [0.2, 0.25) is 0 Å². The standard InChI is InChI=1S/C23H23ClN2O4S/c1-16-5-3-4-6-21(16)26-31(28,29)22-15-18(8-7-17(22)2)23(27)25-13-14-30-20-11-9-19(24)10-12-20/h3-12,15,26H,13-14H2,1-2H3,(H,25,27). The number of anilines is 1. The maximum atomic E-state index is 12.9. The van der Waals surface area contributed by atoms with Crippen LogP contribution >= 0.6 is 11.6 Å². The molecule has 31 heavy (non-hydrogen) atoms. The number of aryl methyl sites for hydroxylation is 2. The Balaban J connectivity index is 1.66. The smallest absolute Gasteiger partial charge is 0.262 e. The highest BCUT2D eigenvalue weighted by atomic mass is 35.5. The molecular formula is C23H23ClN2O4S. The number of halogens is 1. The first-order chi connectivity index (χ1) is 14.8. The second-order valence-electron chi connectivity index (χ2n) is 6.96. The topological polar surface area (TPSA) is 84.5 Å². The lowest BCUT2D eigenvalue weighted by molar-refractivity contribution is 0.0947. The lowest BCUT2D eigenvalue weighted by atomic mass is 10.1. The molecule has 0 radical (unpaired) electrons. The van der Waals surface area contributed by atoms with Crippen molar-refractivity contribution >= 4 is 33.2 Å². The highest BCUT2D eigenvalue weighted by Crippen LogP contribution is 2.23. The van der Waals surface area contributed by atoms with E-state index in [9.17, 15) is 13.2 Å². The van der Waals surface area contributed by atoms with Gasteiger partial charge in [-0.1, -0.05) is 35.9 Å². The molecule has 6 nitrogen and oxygen atoms in total. The number of hydrogen-bond donors (Lipinski definition) is 2. The molecule has 0 saturated carbocycles. The van der Waals surface area contributed by atoms with E-state index in [1.54, 1.807) is 55.5 Å². The monoisotopic (exact) mass is 458 g/mol. The van der Waals surface area contributed by atoms with Crippen molar-refractivity contribution in [1.29, 1.82) is 0 Å². The van der Waals surface area contributed by atoms with Crippen molar-refractivity contribution in [2.75, 3.05) is 17.9 Å². The third-order valence-corrected chi connectivity index (χ3v) is 6.36. The molecular weight excluding hydrogens is 436 g/mol. The van der Waals surface area contributed by atoms with E-state index < -0.39 is 10.0 Å². The van der Waals surface area contributed by atoms with Crippen LogP contribution in [0.5, 0.6) is 5.75 Å². The highest BCUT2D eigenvalue weighted by Gasteiger charge is 2.20. The van der Waals surface area contributed by atoms with Crippen molar-refractivity contribution in [3.8, 4) is 5.75 Å². The molecule has 0 aliphatic carbocycles. The molecule has 1 amide bonds. The van der Waals surface area contributed by atoms with Crippen molar-refractivity contribution in [3.63, 3.8) is 0 Å². The number of para-hydroxylation sites is 1. The van der Waals surface area contributed by atoms with Gasteiger partial charge in [0.05, 0.1) is 17.1 Å². The van der Waals surface area contributed by atoms with Crippen LogP contribution in [0.15, 0.2) is 71.6 Å². The SMILES string of the molecule is Cc1ccccc1NS(=O)(=O)c1cc(C(=O)NCCOc2ccc(Cl)cc2)ccc1C. The molecule has 3 aromatic carbocycles. The fourth-order valence-corrected chi connectivity index (χ4v) is 4.41. The molecule has 0 aliphatic heterocycles. The molecule has 8 heteroatoms. The van der Waals surface area contributed by atoms with Gasteiger partial charge in [-0.3, -0.25) is 9.52 Å². The maximum absolute atomic E-state index is 12.9. The van der Waals surface area contributed by atoms with Crippen molar-refractivity contribution < 1.29 is 17.9 Å². The average Bonchev–Trinajstić information content (AvgIpc) is 2.74. The summed E-state index contributed by atoms with van der Waals surface area (Å²) in [4.78, 5) is 12.6. The lowest BCUT2D eigenvalue weighted by Gasteiger charge is -2.13. The van der Waals surface area contributed by atoms with Gasteiger partial charge in [-0.15, -0.1) is 0 Å². The summed E-state index contributed by atoms with van der Waals surface area (Å²) in [5.41, 5.74) is 2.10. The zero-order valence-electron chi connectivity index (χ0n) is 17.2. The van der Waals surface area contributed by atoms with Gasteiger partial charge in [-0.25, -0.2) is 8.42 Å². The minimum absolute atomic E-state index is 0.0563. The first-order valence-corrected chi connectivity index (χ1v) is 11.5. The van der Waals surface area contributed by atoms with E-state index in [1.165, 1.54) is 6.07 Å². The Kier molecular flexibility index (Phi) is 7.20. The maximum Gasteiger partial charge on any atom is 0.262 e. The van der Waals surface area contributed by atoms with Crippen LogP contribution in [-0.4, -0.2) is 27.5 Å². The molecule has 0 bridgehead atoms. The average molecular weight is 459 g/mol. The van der Waals surface area contributed by atoms with Gasteiger partial charge in [-0.2, -0.15) is 0 Å². The fraction of sp³-hybridized carbons (Fsp3) is 0.174. The number of sulfonamides is 1. The van der Waals surface area contributed by atoms with Gasteiger partial charge in [-0.05, 0) is 67.4 Å². The molecule has 0 aromatic heterocycles. The largest absolute Gasteiger partial charge is 0.492 e. The molecule has 2 N–H and O–H groups in total. The number of hydrogen-bond acceptors (Lipinski definition) is 4. The Labute approximate surface area is 187 Å². The Morgan fingerprint density at radius 2 is 1.68 bits per heavy atom. The van der Waals surface area contributed by atoms with Crippen molar-refractivity contribution in [2.24, 2.45) is 0 Å². The summed E-state index contributed by atoms with van der Waals surface area (Å²) in [7, 11) is -3.85. The lowest BCUT2D eigenvalue weighted by Crippen LogP contribution is -2.28. The third-order valence-electron chi connectivity index (χ3n) is 4.60. The Hall–Kier alpha value is -3.03. The Morgan fingerprint density at radius 1 is 0.968 bits per heavy atom. The number of rotatable bonds is 8. The van der Waals surface area contributed by atoms with Crippen LogP contribution in [0.1, 0.15) is 21.5 Å². The Bertz CT molecular complexity index is 1180. The zero-order chi connectivity index (χ0) is 22.4. The molecule has 3 rings (SSSR count). The van der Waals surface area contributed by atoms with E-state index in [4.69, 9.17) is 16.3 Å². The van der Waals surface area contributed by atoms with E-state index in [-0.39, 0.29) is 29.5 Å². The van der Waals surface area contributed by atoms with Crippen molar-refractivity contribution in [3.05, 3.63) is 88.4 Å². The molecule has 3 aromatic rings. The molecule has 0 atom stereocenters. The van der Waals surface area contributed by atoms with E-state index >= 15 is 0 Å². The van der Waals surface area contributed by atoms with Crippen LogP contribution < -0.4 is 14.8 Å². The third kappa shape index (κ3) is 5.99. The second-order valence-corrected chi connectivity index (χ2v) is 9.05. The van der Waals surface area contributed by atoms with Crippen LogP contribution in [0.25, 0.3) is 0 Å². The minimum atomic E-state index is -3.85. The quantitative estimate of drug-likeness (QED) is 0.484. The predicted molar refractivity (Wildman–Crippen MR) is 122 cm³/mol. The van der Waals surface area contributed by atoms with Gasteiger partial charge in [0.1, 0.15) is 12.4 Å². The summed E-state index contributed by atoms with van der Waals surface area (Å²) in [5.74, 6) is 0.261. The number of amides is 1. The first-order valence-electron chi connectivity index (χ1n) is 9.62. The number of benzene rings is 3. The number of carbonyl (C=O) groups is 1. The van der Waals surface area contributed by atoms with Gasteiger partial charge in [0.25, 0.3) is 15.9 Å².